The van der Waals surface area contributed by atoms with Crippen molar-refractivity contribution in [3.05, 3.63) is 68.4 Å². The molecule has 0 radical (unpaired) electrons. The Morgan fingerprint density at radius 3 is 2.67 bits per heavy atom. The maximum absolute atomic E-state index is 13.4. The molecule has 2 rings (SSSR count). The third-order valence-corrected chi connectivity index (χ3v) is 4.70. The molecule has 0 amide bonds. The predicted octanol–water partition coefficient (Wildman–Crippen LogP) is 5.44. The molecular weight excluding hydrogens is 353 g/mol. The van der Waals surface area contributed by atoms with Crippen LogP contribution in [0.15, 0.2) is 40.9 Å². The molecule has 2 aromatic carbocycles. The molecule has 0 fully saturated rings. The molecule has 0 aliphatic carbocycles. The van der Waals surface area contributed by atoms with Gasteiger partial charge in [-0.2, -0.15) is 0 Å². The topological polar surface area (TPSA) is 12.0 Å². The second kappa shape index (κ2) is 7.39. The molecule has 0 saturated carbocycles. The van der Waals surface area contributed by atoms with Crippen molar-refractivity contribution in [2.75, 3.05) is 6.54 Å². The molecule has 2 aromatic rings. The van der Waals surface area contributed by atoms with Crippen LogP contribution in [0.2, 0.25) is 5.02 Å². The molecule has 0 aromatic heterocycles. The van der Waals surface area contributed by atoms with Crippen molar-refractivity contribution < 1.29 is 4.39 Å². The van der Waals surface area contributed by atoms with Crippen molar-refractivity contribution >= 4 is 27.5 Å². The average molecular weight is 371 g/mol. The van der Waals surface area contributed by atoms with E-state index in [2.05, 4.69) is 53.3 Å². The van der Waals surface area contributed by atoms with Gasteiger partial charge in [0.1, 0.15) is 5.82 Å². The van der Waals surface area contributed by atoms with Gasteiger partial charge in [0.2, 0.25) is 0 Å². The van der Waals surface area contributed by atoms with E-state index in [9.17, 15) is 4.39 Å². The van der Waals surface area contributed by atoms with Crippen LogP contribution in [0.5, 0.6) is 0 Å². The Morgan fingerprint density at radius 2 is 2.00 bits per heavy atom. The van der Waals surface area contributed by atoms with E-state index in [1.54, 1.807) is 6.07 Å². The standard InChI is InChI=1S/C17H18BrClFN/c1-3-21-17(12-5-4-11(2)15(18)9-12)10-13-8-14(20)6-7-16(13)19/h4-9,17,21H,3,10H2,1-2H3. The molecule has 0 bridgehead atoms. The zero-order valence-electron chi connectivity index (χ0n) is 12.1. The number of halogens is 3. The van der Waals surface area contributed by atoms with Crippen LogP contribution in [0, 0.1) is 12.7 Å². The third kappa shape index (κ3) is 4.29. The second-order valence-corrected chi connectivity index (χ2v) is 6.32. The van der Waals surface area contributed by atoms with Crippen LogP contribution in [0.1, 0.15) is 29.7 Å². The van der Waals surface area contributed by atoms with Gasteiger partial charge in [-0.15, -0.1) is 0 Å². The Kier molecular flexibility index (Phi) is 5.80. The summed E-state index contributed by atoms with van der Waals surface area (Å²) in [4.78, 5) is 0. The first-order chi connectivity index (χ1) is 10.0. The minimum Gasteiger partial charge on any atom is -0.310 e. The number of benzene rings is 2. The summed E-state index contributed by atoms with van der Waals surface area (Å²) in [6.07, 6.45) is 0.653. The van der Waals surface area contributed by atoms with Crippen molar-refractivity contribution in [3.8, 4) is 0 Å². The van der Waals surface area contributed by atoms with E-state index in [0.29, 0.717) is 11.4 Å². The maximum Gasteiger partial charge on any atom is 0.123 e. The molecule has 1 unspecified atom stereocenters. The monoisotopic (exact) mass is 369 g/mol. The highest BCUT2D eigenvalue weighted by Gasteiger charge is 2.14. The highest BCUT2D eigenvalue weighted by molar-refractivity contribution is 9.10. The van der Waals surface area contributed by atoms with Crippen LogP contribution in [-0.2, 0) is 6.42 Å². The highest BCUT2D eigenvalue weighted by Crippen LogP contribution is 2.27. The Bertz CT molecular complexity index is 630. The normalized spacial score (nSPS) is 12.4. The summed E-state index contributed by atoms with van der Waals surface area (Å²) in [5.74, 6) is -0.255. The minimum atomic E-state index is -0.255. The summed E-state index contributed by atoms with van der Waals surface area (Å²) in [6.45, 7) is 4.95. The fourth-order valence-electron chi connectivity index (χ4n) is 2.30. The predicted molar refractivity (Wildman–Crippen MR) is 90.4 cm³/mol. The zero-order chi connectivity index (χ0) is 15.4. The van der Waals surface area contributed by atoms with Gasteiger partial charge in [-0.3, -0.25) is 0 Å². The Labute approximate surface area is 138 Å². The zero-order valence-corrected chi connectivity index (χ0v) is 14.4. The van der Waals surface area contributed by atoms with Gasteiger partial charge < -0.3 is 5.32 Å². The lowest BCUT2D eigenvalue weighted by Crippen LogP contribution is -2.23. The van der Waals surface area contributed by atoms with Crippen molar-refractivity contribution in [1.82, 2.24) is 5.32 Å². The van der Waals surface area contributed by atoms with Gasteiger partial charge in [0, 0.05) is 15.5 Å². The molecule has 1 nitrogen and oxygen atoms in total. The lowest BCUT2D eigenvalue weighted by atomic mass is 9.98. The van der Waals surface area contributed by atoms with E-state index in [4.69, 9.17) is 11.6 Å². The smallest absolute Gasteiger partial charge is 0.123 e. The number of rotatable bonds is 5. The molecule has 0 heterocycles. The van der Waals surface area contributed by atoms with Gasteiger partial charge in [-0.25, -0.2) is 4.39 Å². The van der Waals surface area contributed by atoms with Gasteiger partial charge in [0.25, 0.3) is 0 Å². The molecule has 0 spiro atoms. The number of aryl methyl sites for hydroxylation is 1. The van der Waals surface area contributed by atoms with Crippen LogP contribution in [0.4, 0.5) is 4.39 Å². The van der Waals surface area contributed by atoms with Crippen molar-refractivity contribution in [3.63, 3.8) is 0 Å². The first kappa shape index (κ1) is 16.5. The summed E-state index contributed by atoms with van der Waals surface area (Å²) in [7, 11) is 0. The molecule has 0 aliphatic heterocycles. The fourth-order valence-corrected chi connectivity index (χ4v) is 2.89. The van der Waals surface area contributed by atoms with E-state index in [1.165, 1.54) is 17.7 Å². The summed E-state index contributed by atoms with van der Waals surface area (Å²) < 4.78 is 14.5. The first-order valence-corrected chi connectivity index (χ1v) is 8.11. The Balaban J connectivity index is 2.30. The van der Waals surface area contributed by atoms with E-state index in [0.717, 1.165) is 22.1 Å². The van der Waals surface area contributed by atoms with Crippen LogP contribution in [0.25, 0.3) is 0 Å². The van der Waals surface area contributed by atoms with Crippen molar-refractivity contribution in [1.29, 1.82) is 0 Å². The van der Waals surface area contributed by atoms with Gasteiger partial charge >= 0.3 is 0 Å². The lowest BCUT2D eigenvalue weighted by Gasteiger charge is -2.20. The lowest BCUT2D eigenvalue weighted by molar-refractivity contribution is 0.546. The number of nitrogens with one attached hydrogen (secondary N) is 1. The average Bonchev–Trinajstić information content (AvgIpc) is 2.45. The summed E-state index contributed by atoms with van der Waals surface area (Å²) in [5.41, 5.74) is 3.17. The SMILES string of the molecule is CCNC(Cc1cc(F)ccc1Cl)c1ccc(C)c(Br)c1. The summed E-state index contributed by atoms with van der Waals surface area (Å²) in [5, 5.41) is 4.04. The van der Waals surface area contributed by atoms with Crippen LogP contribution >= 0.6 is 27.5 Å². The quantitative estimate of drug-likeness (QED) is 0.738. The largest absolute Gasteiger partial charge is 0.310 e. The number of hydrogen-bond acceptors (Lipinski definition) is 1. The second-order valence-electron chi connectivity index (χ2n) is 5.06. The van der Waals surface area contributed by atoms with Gasteiger partial charge in [0.05, 0.1) is 0 Å². The van der Waals surface area contributed by atoms with Gasteiger partial charge in [-0.05, 0) is 60.8 Å². The van der Waals surface area contributed by atoms with E-state index >= 15 is 0 Å². The first-order valence-electron chi connectivity index (χ1n) is 6.94. The van der Waals surface area contributed by atoms with Crippen LogP contribution in [0.3, 0.4) is 0 Å². The molecule has 21 heavy (non-hydrogen) atoms. The fraction of sp³-hybridized carbons (Fsp3) is 0.294. The van der Waals surface area contributed by atoms with Gasteiger partial charge in [0.15, 0.2) is 0 Å². The Hall–Kier alpha value is -0.900. The third-order valence-electron chi connectivity index (χ3n) is 3.48. The summed E-state index contributed by atoms with van der Waals surface area (Å²) in [6, 6.07) is 10.9. The molecular formula is C17H18BrClFN. The maximum atomic E-state index is 13.4. The highest BCUT2D eigenvalue weighted by atomic mass is 79.9. The van der Waals surface area contributed by atoms with Crippen molar-refractivity contribution in [2.45, 2.75) is 26.3 Å². The molecule has 1 atom stereocenters. The van der Waals surface area contributed by atoms with Crippen LogP contribution in [-0.4, -0.2) is 6.54 Å². The van der Waals surface area contributed by atoms with E-state index < -0.39 is 0 Å². The van der Waals surface area contributed by atoms with E-state index in [-0.39, 0.29) is 11.9 Å². The van der Waals surface area contributed by atoms with E-state index in [1.807, 2.05) is 0 Å². The molecule has 112 valence electrons. The van der Waals surface area contributed by atoms with Gasteiger partial charge in [-0.1, -0.05) is 46.6 Å². The number of likely N-dealkylation sites (N-methyl/N-ethyl adjacent to an activating group) is 1. The van der Waals surface area contributed by atoms with Crippen molar-refractivity contribution in [2.24, 2.45) is 0 Å². The minimum absolute atomic E-state index is 0.103. The molecule has 1 N–H and O–H groups in total. The molecule has 0 saturated heterocycles. The Morgan fingerprint density at radius 1 is 1.24 bits per heavy atom. The van der Waals surface area contributed by atoms with Crippen LogP contribution < -0.4 is 5.32 Å². The number of hydrogen-bond donors (Lipinski definition) is 1. The molecule has 0 aliphatic rings. The molecule has 4 heteroatoms. The summed E-state index contributed by atoms with van der Waals surface area (Å²) >= 11 is 9.74.